The standard InChI is InChI=1S/C18H12BrN3O3S/c1-25-14-7-6-12(19)11-8-15-17(16(11)14)21-18(26-15)20-9-10-4-2-3-5-13(10)22(23)24/h2-7,9H,8H2,1H3. The molecule has 1 aromatic heterocycles. The fourth-order valence-corrected chi connectivity index (χ4v) is 4.36. The minimum Gasteiger partial charge on any atom is -0.496 e. The molecule has 0 amide bonds. The lowest BCUT2D eigenvalue weighted by atomic mass is 10.1. The summed E-state index contributed by atoms with van der Waals surface area (Å²) in [5, 5.41) is 11.7. The maximum atomic E-state index is 11.1. The van der Waals surface area contributed by atoms with Gasteiger partial charge in [0.2, 0.25) is 5.13 Å². The normalized spacial score (nSPS) is 12.2. The van der Waals surface area contributed by atoms with Gasteiger partial charge in [0.05, 0.1) is 23.3 Å². The summed E-state index contributed by atoms with van der Waals surface area (Å²) >= 11 is 5.07. The molecule has 0 atom stereocenters. The van der Waals surface area contributed by atoms with Crippen molar-refractivity contribution in [2.45, 2.75) is 6.42 Å². The highest BCUT2D eigenvalue weighted by atomic mass is 79.9. The zero-order valence-corrected chi connectivity index (χ0v) is 16.0. The third-order valence-electron chi connectivity index (χ3n) is 4.15. The number of ether oxygens (including phenoxy) is 1. The topological polar surface area (TPSA) is 77.6 Å². The summed E-state index contributed by atoms with van der Waals surface area (Å²) in [6.45, 7) is 0. The van der Waals surface area contributed by atoms with Crippen molar-refractivity contribution in [2.75, 3.05) is 7.11 Å². The van der Waals surface area contributed by atoms with Crippen LogP contribution >= 0.6 is 27.3 Å². The van der Waals surface area contributed by atoms with Gasteiger partial charge >= 0.3 is 0 Å². The minimum absolute atomic E-state index is 0.0243. The molecule has 0 aliphatic heterocycles. The quantitative estimate of drug-likeness (QED) is 0.255. The van der Waals surface area contributed by atoms with Crippen LogP contribution in [0.3, 0.4) is 0 Å². The molecule has 0 bridgehead atoms. The Labute approximate surface area is 161 Å². The summed E-state index contributed by atoms with van der Waals surface area (Å²) in [7, 11) is 1.64. The molecule has 3 aromatic rings. The third kappa shape index (κ3) is 2.81. The van der Waals surface area contributed by atoms with Crippen molar-refractivity contribution in [3.05, 3.63) is 67.0 Å². The number of nitro groups is 1. The van der Waals surface area contributed by atoms with Crippen molar-refractivity contribution in [2.24, 2.45) is 4.99 Å². The first-order chi connectivity index (χ1) is 12.6. The van der Waals surface area contributed by atoms with Gasteiger partial charge < -0.3 is 4.74 Å². The van der Waals surface area contributed by atoms with Crippen LogP contribution in [-0.4, -0.2) is 23.2 Å². The lowest BCUT2D eigenvalue weighted by Crippen LogP contribution is -1.93. The van der Waals surface area contributed by atoms with Gasteiger partial charge in [-0.15, -0.1) is 0 Å². The predicted molar refractivity (Wildman–Crippen MR) is 105 cm³/mol. The molecule has 26 heavy (non-hydrogen) atoms. The van der Waals surface area contributed by atoms with Crippen LogP contribution in [0.4, 0.5) is 10.8 Å². The first-order valence-corrected chi connectivity index (χ1v) is 9.32. The van der Waals surface area contributed by atoms with Crippen LogP contribution in [-0.2, 0) is 6.42 Å². The Morgan fingerprint density at radius 2 is 2.15 bits per heavy atom. The Balaban J connectivity index is 1.71. The second kappa shape index (κ2) is 6.62. The summed E-state index contributed by atoms with van der Waals surface area (Å²) in [6, 6.07) is 10.4. The van der Waals surface area contributed by atoms with Crippen molar-refractivity contribution in [1.29, 1.82) is 0 Å². The van der Waals surface area contributed by atoms with E-state index >= 15 is 0 Å². The number of aromatic nitrogens is 1. The van der Waals surface area contributed by atoms with Crippen molar-refractivity contribution in [1.82, 2.24) is 4.98 Å². The minimum atomic E-state index is -0.415. The van der Waals surface area contributed by atoms with E-state index in [9.17, 15) is 10.1 Å². The lowest BCUT2D eigenvalue weighted by molar-refractivity contribution is -0.385. The van der Waals surface area contributed by atoms with Crippen LogP contribution in [0.2, 0.25) is 0 Å². The SMILES string of the molecule is COc1ccc(Br)c2c1-c1nc(N=Cc3ccccc3[N+](=O)[O-])sc1C2. The van der Waals surface area contributed by atoms with Crippen LogP contribution in [0, 0.1) is 10.1 Å². The van der Waals surface area contributed by atoms with Crippen LogP contribution in [0.1, 0.15) is 16.0 Å². The average Bonchev–Trinajstić information content (AvgIpc) is 3.19. The molecule has 4 rings (SSSR count). The highest BCUT2D eigenvalue weighted by Crippen LogP contribution is 2.48. The number of fused-ring (bicyclic) bond motifs is 3. The first kappa shape index (κ1) is 16.9. The van der Waals surface area contributed by atoms with Crippen molar-refractivity contribution >= 4 is 44.3 Å². The molecular weight excluding hydrogens is 418 g/mol. The van der Waals surface area contributed by atoms with E-state index in [-0.39, 0.29) is 5.69 Å². The zero-order chi connectivity index (χ0) is 18.3. The molecule has 0 fully saturated rings. The van der Waals surface area contributed by atoms with E-state index in [2.05, 4.69) is 25.9 Å². The molecule has 8 heteroatoms. The number of thiazole rings is 1. The van der Waals surface area contributed by atoms with Crippen LogP contribution in [0.5, 0.6) is 5.75 Å². The van der Waals surface area contributed by atoms with E-state index in [0.717, 1.165) is 38.3 Å². The molecule has 6 nitrogen and oxygen atoms in total. The first-order valence-electron chi connectivity index (χ1n) is 7.71. The van der Waals surface area contributed by atoms with Crippen LogP contribution in [0.15, 0.2) is 45.9 Å². The number of benzene rings is 2. The number of para-hydroxylation sites is 1. The maximum Gasteiger partial charge on any atom is 0.278 e. The van der Waals surface area contributed by atoms with Gasteiger partial charge in [0.25, 0.3) is 5.69 Å². The number of nitrogens with zero attached hydrogens (tertiary/aromatic N) is 3. The van der Waals surface area contributed by atoms with E-state index in [0.29, 0.717) is 10.7 Å². The number of halogens is 1. The molecule has 0 unspecified atom stereocenters. The zero-order valence-electron chi connectivity index (χ0n) is 13.6. The van der Waals surface area contributed by atoms with E-state index in [1.807, 2.05) is 12.1 Å². The van der Waals surface area contributed by atoms with Gasteiger partial charge in [0, 0.05) is 33.6 Å². The number of hydrogen-bond donors (Lipinski definition) is 0. The number of rotatable bonds is 4. The number of methoxy groups -OCH3 is 1. The monoisotopic (exact) mass is 429 g/mol. The Morgan fingerprint density at radius 3 is 2.92 bits per heavy atom. The molecule has 130 valence electrons. The molecule has 0 radical (unpaired) electrons. The van der Waals surface area contributed by atoms with Crippen LogP contribution < -0.4 is 4.74 Å². The molecule has 0 saturated heterocycles. The molecule has 1 heterocycles. The van der Waals surface area contributed by atoms with E-state index < -0.39 is 4.92 Å². The smallest absolute Gasteiger partial charge is 0.278 e. The van der Waals surface area contributed by atoms with Gasteiger partial charge in [-0.1, -0.05) is 39.4 Å². The second-order valence-corrected chi connectivity index (χ2v) is 7.54. The van der Waals surface area contributed by atoms with Gasteiger partial charge in [-0.2, -0.15) is 0 Å². The average molecular weight is 430 g/mol. The van der Waals surface area contributed by atoms with Gasteiger partial charge in [-0.05, 0) is 23.8 Å². The largest absolute Gasteiger partial charge is 0.496 e. The number of nitro benzene ring substituents is 1. The molecule has 0 N–H and O–H groups in total. The Morgan fingerprint density at radius 1 is 1.35 bits per heavy atom. The fraction of sp³-hybridized carbons (Fsp3) is 0.111. The summed E-state index contributed by atoms with van der Waals surface area (Å²) in [5.74, 6) is 0.779. The van der Waals surface area contributed by atoms with Crippen molar-refractivity contribution < 1.29 is 9.66 Å². The summed E-state index contributed by atoms with van der Waals surface area (Å²) in [4.78, 5) is 20.8. The number of hydrogen-bond acceptors (Lipinski definition) is 6. The van der Waals surface area contributed by atoms with Crippen LogP contribution in [0.25, 0.3) is 11.3 Å². The summed E-state index contributed by atoms with van der Waals surface area (Å²) in [5.41, 5.74) is 3.50. The van der Waals surface area contributed by atoms with E-state index in [1.165, 1.54) is 23.6 Å². The molecule has 1 aliphatic rings. The van der Waals surface area contributed by atoms with Crippen molar-refractivity contribution in [3.8, 4) is 17.0 Å². The molecule has 0 saturated carbocycles. The lowest BCUT2D eigenvalue weighted by Gasteiger charge is -2.08. The van der Waals surface area contributed by atoms with Gasteiger partial charge in [0.1, 0.15) is 5.75 Å². The Hall–Kier alpha value is -2.58. The summed E-state index contributed by atoms with van der Waals surface area (Å²) < 4.78 is 6.51. The molecular formula is C18H12BrN3O3S. The highest BCUT2D eigenvalue weighted by Gasteiger charge is 2.28. The Bertz CT molecular complexity index is 1060. The molecule has 0 spiro atoms. The van der Waals surface area contributed by atoms with Gasteiger partial charge in [-0.3, -0.25) is 10.1 Å². The van der Waals surface area contributed by atoms with E-state index in [1.54, 1.807) is 25.3 Å². The molecule has 1 aliphatic carbocycles. The van der Waals surface area contributed by atoms with Gasteiger partial charge in [0.15, 0.2) is 0 Å². The third-order valence-corrected chi connectivity index (χ3v) is 5.85. The molecule has 2 aromatic carbocycles. The Kier molecular flexibility index (Phi) is 4.29. The second-order valence-electron chi connectivity index (χ2n) is 5.62. The highest BCUT2D eigenvalue weighted by molar-refractivity contribution is 9.10. The fourth-order valence-electron chi connectivity index (χ4n) is 2.96. The van der Waals surface area contributed by atoms with E-state index in [4.69, 9.17) is 4.74 Å². The predicted octanol–water partition coefficient (Wildman–Crippen LogP) is 5.14. The maximum absolute atomic E-state index is 11.1. The van der Waals surface area contributed by atoms with Gasteiger partial charge in [-0.25, -0.2) is 9.98 Å². The summed E-state index contributed by atoms with van der Waals surface area (Å²) in [6.07, 6.45) is 2.26. The number of aliphatic imine (C=N–C) groups is 1. The van der Waals surface area contributed by atoms with Crippen molar-refractivity contribution in [3.63, 3.8) is 0 Å².